The molecule has 0 aromatic heterocycles. The van der Waals surface area contributed by atoms with Crippen LogP contribution in [0, 0.1) is 0 Å². The highest BCUT2D eigenvalue weighted by Crippen LogP contribution is 2.45. The Bertz CT molecular complexity index is 1040. The average molecular weight is 481 g/mol. The van der Waals surface area contributed by atoms with E-state index in [1.165, 1.54) is 0 Å². The maximum atomic E-state index is 12.6. The summed E-state index contributed by atoms with van der Waals surface area (Å²) < 4.78 is 37.7. The van der Waals surface area contributed by atoms with Crippen LogP contribution in [-0.4, -0.2) is 55.8 Å². The van der Waals surface area contributed by atoms with Crippen LogP contribution in [0.15, 0.2) is 42.5 Å². The summed E-state index contributed by atoms with van der Waals surface area (Å²) in [6.07, 6.45) is -4.39. The third-order valence-corrected chi connectivity index (χ3v) is 5.24. The molecule has 1 aliphatic rings. The van der Waals surface area contributed by atoms with Gasteiger partial charge in [-0.3, -0.25) is 9.59 Å². The molecule has 0 bridgehead atoms. The number of alkyl halides is 3. The van der Waals surface area contributed by atoms with E-state index in [-0.39, 0.29) is 11.8 Å². The highest BCUT2D eigenvalue weighted by molar-refractivity contribution is 6.02. The van der Waals surface area contributed by atoms with Crippen molar-refractivity contribution in [3.05, 3.63) is 64.7 Å². The number of carboxylic acid groups (broad SMARTS) is 1. The topological polar surface area (TPSA) is 131 Å². The van der Waals surface area contributed by atoms with E-state index >= 15 is 0 Å². The van der Waals surface area contributed by atoms with Crippen LogP contribution >= 0.6 is 0 Å². The standard InChI is InChI=1S/C21H25N3O3.C2HF3O2/c1-21(15-7-4-3-5-8-15)13-27-18-16(20(26)23-2)11-14(12-17(18)21)19(25)24-10-6-9-22;3-2(4,5)1(6)7/h3-5,7-8,11-12H,6,9-10,13,22H2,1-2H3,(H,23,26)(H,24,25);(H,6,7)/t21-;/m1./s1. The second kappa shape index (κ2) is 11.0. The van der Waals surface area contributed by atoms with Gasteiger partial charge in [-0.1, -0.05) is 30.3 Å². The number of aliphatic carboxylic acids is 1. The Balaban J connectivity index is 0.000000509. The van der Waals surface area contributed by atoms with Crippen molar-refractivity contribution in [3.8, 4) is 5.75 Å². The molecule has 1 heterocycles. The number of ether oxygens (including phenoxy) is 1. The Kier molecular flexibility index (Phi) is 8.63. The number of carbonyl (C=O) groups is 3. The van der Waals surface area contributed by atoms with Gasteiger partial charge in [0.15, 0.2) is 0 Å². The van der Waals surface area contributed by atoms with Crippen molar-refractivity contribution in [1.29, 1.82) is 0 Å². The van der Waals surface area contributed by atoms with Crippen molar-refractivity contribution in [2.24, 2.45) is 5.73 Å². The predicted molar refractivity (Wildman–Crippen MR) is 118 cm³/mol. The second-order valence-corrected chi connectivity index (χ2v) is 7.67. The van der Waals surface area contributed by atoms with E-state index in [9.17, 15) is 22.8 Å². The first kappa shape index (κ1) is 26.7. The largest absolute Gasteiger partial charge is 0.491 e. The number of fused-ring (bicyclic) bond motifs is 1. The van der Waals surface area contributed by atoms with Gasteiger partial charge in [-0.15, -0.1) is 0 Å². The summed E-state index contributed by atoms with van der Waals surface area (Å²) in [5.41, 5.74) is 7.79. The van der Waals surface area contributed by atoms with Gasteiger partial charge < -0.3 is 26.2 Å². The SMILES string of the molecule is CNC(=O)c1cc(C(=O)NCCCN)cc2c1OC[C@]2(C)c1ccccc1.O=C(O)C(F)(F)F. The van der Waals surface area contributed by atoms with Gasteiger partial charge in [-0.25, -0.2) is 4.79 Å². The van der Waals surface area contributed by atoms with Crippen LogP contribution in [-0.2, 0) is 10.2 Å². The molecule has 1 aliphatic heterocycles. The first-order valence-corrected chi connectivity index (χ1v) is 10.3. The van der Waals surface area contributed by atoms with E-state index in [4.69, 9.17) is 20.4 Å². The molecule has 11 heteroatoms. The van der Waals surface area contributed by atoms with Crippen LogP contribution in [0.25, 0.3) is 0 Å². The number of hydrogen-bond acceptors (Lipinski definition) is 5. The van der Waals surface area contributed by atoms with Crippen molar-refractivity contribution in [2.45, 2.75) is 24.9 Å². The molecule has 8 nitrogen and oxygen atoms in total. The van der Waals surface area contributed by atoms with E-state index in [1.807, 2.05) is 36.4 Å². The first-order valence-electron chi connectivity index (χ1n) is 10.3. The Morgan fingerprint density at radius 3 is 2.29 bits per heavy atom. The molecule has 0 spiro atoms. The summed E-state index contributed by atoms with van der Waals surface area (Å²) in [5, 5.41) is 12.6. The zero-order valence-electron chi connectivity index (χ0n) is 18.7. The third kappa shape index (κ3) is 6.04. The minimum Gasteiger partial charge on any atom is -0.491 e. The number of nitrogens with two attached hydrogens (primary N) is 1. The molecule has 0 aliphatic carbocycles. The lowest BCUT2D eigenvalue weighted by Gasteiger charge is -2.24. The summed E-state index contributed by atoms with van der Waals surface area (Å²) in [4.78, 5) is 33.9. The summed E-state index contributed by atoms with van der Waals surface area (Å²) >= 11 is 0. The number of halogens is 3. The quantitative estimate of drug-likeness (QED) is 0.469. The van der Waals surface area contributed by atoms with E-state index in [2.05, 4.69) is 17.6 Å². The van der Waals surface area contributed by atoms with Crippen molar-refractivity contribution in [2.75, 3.05) is 26.7 Å². The maximum Gasteiger partial charge on any atom is 0.490 e. The van der Waals surface area contributed by atoms with Crippen LogP contribution in [0.2, 0.25) is 0 Å². The molecule has 0 fully saturated rings. The molecule has 3 rings (SSSR count). The number of carbonyl (C=O) groups excluding carboxylic acids is 2. The number of benzene rings is 2. The molecule has 0 unspecified atom stereocenters. The minimum atomic E-state index is -5.08. The Hall–Kier alpha value is -3.60. The molecular formula is C23H26F3N3O5. The molecule has 34 heavy (non-hydrogen) atoms. The second-order valence-electron chi connectivity index (χ2n) is 7.67. The van der Waals surface area contributed by atoms with Gasteiger partial charge in [-0.05, 0) is 37.6 Å². The van der Waals surface area contributed by atoms with Crippen molar-refractivity contribution >= 4 is 17.8 Å². The zero-order valence-corrected chi connectivity index (χ0v) is 18.7. The van der Waals surface area contributed by atoms with Crippen molar-refractivity contribution < 1.29 is 37.4 Å². The molecular weight excluding hydrogens is 455 g/mol. The van der Waals surface area contributed by atoms with Gasteiger partial charge in [0.2, 0.25) is 0 Å². The number of hydrogen-bond donors (Lipinski definition) is 4. The molecule has 184 valence electrons. The zero-order chi connectivity index (χ0) is 25.5. The normalized spacial score (nSPS) is 16.4. The van der Waals surface area contributed by atoms with Gasteiger partial charge in [0, 0.05) is 24.7 Å². The fraction of sp³-hybridized carbons (Fsp3) is 0.348. The molecule has 5 N–H and O–H groups in total. The molecule has 0 saturated heterocycles. The van der Waals surface area contributed by atoms with Crippen LogP contribution in [0.5, 0.6) is 5.75 Å². The Morgan fingerprint density at radius 1 is 1.15 bits per heavy atom. The number of nitrogens with one attached hydrogen (secondary N) is 2. The summed E-state index contributed by atoms with van der Waals surface area (Å²) in [6, 6.07) is 13.4. The third-order valence-electron chi connectivity index (χ3n) is 5.24. The minimum absolute atomic E-state index is 0.223. The van der Waals surface area contributed by atoms with E-state index in [0.717, 1.165) is 11.1 Å². The Labute approximate surface area is 194 Å². The van der Waals surface area contributed by atoms with Crippen LogP contribution < -0.4 is 21.1 Å². The van der Waals surface area contributed by atoms with Gasteiger partial charge in [-0.2, -0.15) is 13.2 Å². The summed E-state index contributed by atoms with van der Waals surface area (Å²) in [7, 11) is 1.56. The fourth-order valence-corrected chi connectivity index (χ4v) is 3.37. The predicted octanol–water partition coefficient (Wildman–Crippen LogP) is 2.46. The fourth-order valence-electron chi connectivity index (χ4n) is 3.37. The van der Waals surface area contributed by atoms with Crippen LogP contribution in [0.3, 0.4) is 0 Å². The molecule has 1 atom stereocenters. The lowest BCUT2D eigenvalue weighted by atomic mass is 9.77. The monoisotopic (exact) mass is 481 g/mol. The van der Waals surface area contributed by atoms with Crippen LogP contribution in [0.4, 0.5) is 13.2 Å². The molecule has 2 aromatic rings. The molecule has 2 aromatic carbocycles. The lowest BCUT2D eigenvalue weighted by Crippen LogP contribution is -2.28. The van der Waals surface area contributed by atoms with E-state index < -0.39 is 17.6 Å². The van der Waals surface area contributed by atoms with Crippen LogP contribution in [0.1, 0.15) is 45.2 Å². The molecule has 2 amide bonds. The number of rotatable bonds is 6. The molecule has 0 radical (unpaired) electrons. The van der Waals surface area contributed by atoms with Gasteiger partial charge in [0.1, 0.15) is 12.4 Å². The number of amides is 2. The van der Waals surface area contributed by atoms with Gasteiger partial charge in [0.25, 0.3) is 11.8 Å². The highest BCUT2D eigenvalue weighted by atomic mass is 19.4. The van der Waals surface area contributed by atoms with Gasteiger partial charge in [0.05, 0.1) is 11.0 Å². The Morgan fingerprint density at radius 2 is 1.76 bits per heavy atom. The van der Waals surface area contributed by atoms with E-state index in [1.54, 1.807) is 13.1 Å². The molecule has 0 saturated carbocycles. The highest BCUT2D eigenvalue weighted by Gasteiger charge is 2.41. The summed E-state index contributed by atoms with van der Waals surface area (Å²) in [6.45, 7) is 3.48. The van der Waals surface area contributed by atoms with Crippen molar-refractivity contribution in [1.82, 2.24) is 10.6 Å². The van der Waals surface area contributed by atoms with Crippen molar-refractivity contribution in [3.63, 3.8) is 0 Å². The average Bonchev–Trinajstić information content (AvgIpc) is 3.16. The van der Waals surface area contributed by atoms with Gasteiger partial charge >= 0.3 is 12.1 Å². The smallest absolute Gasteiger partial charge is 0.490 e. The number of carboxylic acids is 1. The lowest BCUT2D eigenvalue weighted by molar-refractivity contribution is -0.192. The van der Waals surface area contributed by atoms with E-state index in [0.29, 0.717) is 43.0 Å². The first-order chi connectivity index (χ1) is 16.0. The maximum absolute atomic E-state index is 12.6. The summed E-state index contributed by atoms with van der Waals surface area (Å²) in [5.74, 6) is -2.72.